The molecule has 9 heteroatoms. The molecule has 0 atom stereocenters. The van der Waals surface area contributed by atoms with E-state index in [4.69, 9.17) is 0 Å². The Kier molecular flexibility index (Phi) is 5.85. The standard InChI is InChI=1S/C20H20N6O2S/c27-17-13-22-19(28)25(17)10-5-11-29-20-24-23-18(16-8-4-9-21-12-16)26(20)14-15-6-2-1-3-7-15/h1-4,6-9,12H,5,10-11,13-14H2,(H,22,28). The summed E-state index contributed by atoms with van der Waals surface area (Å²) in [5, 5.41) is 12.1. The highest BCUT2D eigenvalue weighted by Crippen LogP contribution is 2.25. The smallest absolute Gasteiger partial charge is 0.324 e. The van der Waals surface area contributed by atoms with Gasteiger partial charge in [0.05, 0.1) is 13.1 Å². The van der Waals surface area contributed by atoms with E-state index in [9.17, 15) is 9.59 Å². The number of imide groups is 1. The molecule has 0 aliphatic carbocycles. The van der Waals surface area contributed by atoms with Crippen molar-refractivity contribution in [2.24, 2.45) is 0 Å². The predicted molar refractivity (Wildman–Crippen MR) is 109 cm³/mol. The molecule has 1 saturated heterocycles. The van der Waals surface area contributed by atoms with Gasteiger partial charge in [0.2, 0.25) is 5.91 Å². The van der Waals surface area contributed by atoms with Crippen molar-refractivity contribution in [2.75, 3.05) is 18.8 Å². The number of amides is 3. The van der Waals surface area contributed by atoms with E-state index < -0.39 is 0 Å². The summed E-state index contributed by atoms with van der Waals surface area (Å²) in [5.41, 5.74) is 2.06. The van der Waals surface area contributed by atoms with E-state index in [0.717, 1.165) is 27.9 Å². The highest BCUT2D eigenvalue weighted by atomic mass is 32.2. The third kappa shape index (κ3) is 4.45. The van der Waals surface area contributed by atoms with E-state index in [1.165, 1.54) is 4.90 Å². The van der Waals surface area contributed by atoms with Gasteiger partial charge in [-0.1, -0.05) is 42.1 Å². The zero-order valence-corrected chi connectivity index (χ0v) is 16.5. The molecule has 1 fully saturated rings. The first-order valence-corrected chi connectivity index (χ1v) is 10.3. The number of carbonyl (C=O) groups is 2. The summed E-state index contributed by atoms with van der Waals surface area (Å²) in [7, 11) is 0. The average Bonchev–Trinajstić information content (AvgIpc) is 3.30. The normalized spacial score (nSPS) is 13.7. The number of urea groups is 1. The van der Waals surface area contributed by atoms with Crippen LogP contribution in [-0.2, 0) is 11.3 Å². The minimum absolute atomic E-state index is 0.0891. The van der Waals surface area contributed by atoms with Crippen molar-refractivity contribution in [1.82, 2.24) is 30.0 Å². The second-order valence-corrected chi connectivity index (χ2v) is 7.59. The summed E-state index contributed by atoms with van der Waals surface area (Å²) in [4.78, 5) is 28.7. The van der Waals surface area contributed by atoms with Gasteiger partial charge in [0.15, 0.2) is 11.0 Å². The Bertz CT molecular complexity index is 977. The number of pyridine rings is 1. The molecule has 1 N–H and O–H groups in total. The number of aromatic nitrogens is 4. The van der Waals surface area contributed by atoms with Gasteiger partial charge in [0.25, 0.3) is 0 Å². The largest absolute Gasteiger partial charge is 0.329 e. The molecule has 0 spiro atoms. The highest BCUT2D eigenvalue weighted by Gasteiger charge is 2.27. The molecule has 0 unspecified atom stereocenters. The first-order valence-electron chi connectivity index (χ1n) is 9.31. The fourth-order valence-corrected chi connectivity index (χ4v) is 3.94. The van der Waals surface area contributed by atoms with Crippen LogP contribution in [0.15, 0.2) is 60.0 Å². The lowest BCUT2D eigenvalue weighted by atomic mass is 10.2. The van der Waals surface area contributed by atoms with E-state index in [1.54, 1.807) is 24.2 Å². The molecule has 0 saturated carbocycles. The van der Waals surface area contributed by atoms with Gasteiger partial charge in [-0.2, -0.15) is 0 Å². The molecule has 1 aliphatic rings. The minimum atomic E-state index is -0.314. The molecule has 29 heavy (non-hydrogen) atoms. The van der Waals surface area contributed by atoms with Gasteiger partial charge in [0.1, 0.15) is 0 Å². The number of rotatable bonds is 8. The zero-order valence-electron chi connectivity index (χ0n) is 15.7. The van der Waals surface area contributed by atoms with Crippen molar-refractivity contribution in [3.63, 3.8) is 0 Å². The Hall–Kier alpha value is -3.20. The van der Waals surface area contributed by atoms with Gasteiger partial charge < -0.3 is 5.32 Å². The molecule has 8 nitrogen and oxygen atoms in total. The van der Waals surface area contributed by atoms with Gasteiger partial charge >= 0.3 is 6.03 Å². The molecular weight excluding hydrogens is 388 g/mol. The Balaban J connectivity index is 1.48. The van der Waals surface area contributed by atoms with E-state index in [1.807, 2.05) is 30.3 Å². The van der Waals surface area contributed by atoms with Gasteiger partial charge in [0, 0.05) is 30.3 Å². The predicted octanol–water partition coefficient (Wildman–Crippen LogP) is 2.42. The number of nitrogens with zero attached hydrogens (tertiary/aromatic N) is 5. The first kappa shape index (κ1) is 19.1. The molecule has 148 valence electrons. The molecule has 0 radical (unpaired) electrons. The van der Waals surface area contributed by atoms with Gasteiger partial charge in [-0.25, -0.2) is 4.79 Å². The third-order valence-electron chi connectivity index (χ3n) is 4.51. The second kappa shape index (κ2) is 8.87. The molecular formula is C20H20N6O2S. The Morgan fingerprint density at radius 3 is 2.66 bits per heavy atom. The minimum Gasteiger partial charge on any atom is -0.329 e. The lowest BCUT2D eigenvalue weighted by Crippen LogP contribution is -2.32. The monoisotopic (exact) mass is 408 g/mol. The topological polar surface area (TPSA) is 93.0 Å². The SMILES string of the molecule is O=C1CNC(=O)N1CCCSc1nnc(-c2cccnc2)n1Cc1ccccc1. The zero-order chi connectivity index (χ0) is 20.1. The van der Waals surface area contributed by atoms with Crippen molar-refractivity contribution < 1.29 is 9.59 Å². The third-order valence-corrected chi connectivity index (χ3v) is 5.57. The van der Waals surface area contributed by atoms with Crippen LogP contribution in [0.25, 0.3) is 11.4 Å². The Morgan fingerprint density at radius 1 is 1.07 bits per heavy atom. The molecule has 4 rings (SSSR count). The number of nitrogens with one attached hydrogen (secondary N) is 1. The summed E-state index contributed by atoms with van der Waals surface area (Å²) in [5.74, 6) is 1.31. The highest BCUT2D eigenvalue weighted by molar-refractivity contribution is 7.99. The average molecular weight is 408 g/mol. The Labute approximate surface area is 172 Å². The van der Waals surface area contributed by atoms with Crippen LogP contribution in [-0.4, -0.2) is 55.4 Å². The van der Waals surface area contributed by atoms with Gasteiger partial charge in [-0.3, -0.25) is 19.2 Å². The molecule has 1 aromatic carbocycles. The van der Waals surface area contributed by atoms with Crippen molar-refractivity contribution in [3.05, 3.63) is 60.4 Å². The molecule has 3 heterocycles. The maximum atomic E-state index is 11.7. The lowest BCUT2D eigenvalue weighted by Gasteiger charge is -2.12. The number of hydrogen-bond acceptors (Lipinski definition) is 6. The first-order chi connectivity index (χ1) is 14.2. The van der Waals surface area contributed by atoms with E-state index in [2.05, 4.69) is 37.2 Å². The molecule has 0 bridgehead atoms. The van der Waals surface area contributed by atoms with Crippen molar-refractivity contribution in [3.8, 4) is 11.4 Å². The number of benzene rings is 1. The summed E-state index contributed by atoms with van der Waals surface area (Å²) < 4.78 is 2.07. The lowest BCUT2D eigenvalue weighted by molar-refractivity contribution is -0.124. The van der Waals surface area contributed by atoms with Crippen LogP contribution < -0.4 is 5.32 Å². The van der Waals surface area contributed by atoms with Crippen LogP contribution in [0.3, 0.4) is 0 Å². The van der Waals surface area contributed by atoms with E-state index >= 15 is 0 Å². The number of carbonyl (C=O) groups excluding carboxylic acids is 2. The van der Waals surface area contributed by atoms with Crippen molar-refractivity contribution in [2.45, 2.75) is 18.1 Å². The Morgan fingerprint density at radius 2 is 1.93 bits per heavy atom. The number of thioether (sulfide) groups is 1. The molecule has 3 amide bonds. The molecule has 2 aromatic heterocycles. The van der Waals surface area contributed by atoms with Crippen LogP contribution in [0.4, 0.5) is 4.79 Å². The van der Waals surface area contributed by atoms with Crippen LogP contribution in [0.2, 0.25) is 0 Å². The van der Waals surface area contributed by atoms with Crippen molar-refractivity contribution in [1.29, 1.82) is 0 Å². The van der Waals surface area contributed by atoms with Crippen molar-refractivity contribution >= 4 is 23.7 Å². The maximum Gasteiger partial charge on any atom is 0.324 e. The summed E-state index contributed by atoms with van der Waals surface area (Å²) in [6.07, 6.45) is 4.19. The molecule has 3 aromatic rings. The van der Waals surface area contributed by atoms with Gasteiger partial charge in [-0.15, -0.1) is 10.2 Å². The maximum absolute atomic E-state index is 11.7. The summed E-state index contributed by atoms with van der Waals surface area (Å²) >= 11 is 1.57. The van der Waals surface area contributed by atoms with E-state index in [-0.39, 0.29) is 18.5 Å². The van der Waals surface area contributed by atoms with Gasteiger partial charge in [-0.05, 0) is 24.1 Å². The fraction of sp³-hybridized carbons (Fsp3) is 0.250. The van der Waals surface area contributed by atoms with Crippen LogP contribution >= 0.6 is 11.8 Å². The quantitative estimate of drug-likeness (QED) is 0.350. The second-order valence-electron chi connectivity index (χ2n) is 6.53. The summed E-state index contributed by atoms with van der Waals surface area (Å²) in [6, 6.07) is 13.7. The summed E-state index contributed by atoms with van der Waals surface area (Å²) in [6.45, 7) is 1.14. The van der Waals surface area contributed by atoms with Crippen LogP contribution in [0.1, 0.15) is 12.0 Å². The van der Waals surface area contributed by atoms with Crippen LogP contribution in [0.5, 0.6) is 0 Å². The fourth-order valence-electron chi connectivity index (χ4n) is 3.08. The van der Waals surface area contributed by atoms with Crippen LogP contribution in [0, 0.1) is 0 Å². The number of hydrogen-bond donors (Lipinski definition) is 1. The molecule has 1 aliphatic heterocycles. The van der Waals surface area contributed by atoms with E-state index in [0.29, 0.717) is 19.5 Å².